The molecule has 0 saturated carbocycles. The Kier molecular flexibility index (Phi) is 4.93. The standard InChI is InChI=1S/C10H13I2N3O2/c1-5-13-7(11)6(8(12)14-5)15-9(16)17-10(2,3)4/h1-4H3,(H,15,16). The van der Waals surface area contributed by atoms with Gasteiger partial charge >= 0.3 is 6.09 Å². The molecular weight excluding hydrogens is 448 g/mol. The molecule has 1 aromatic heterocycles. The van der Waals surface area contributed by atoms with Crippen LogP contribution in [0.4, 0.5) is 10.5 Å². The minimum atomic E-state index is -0.521. The van der Waals surface area contributed by atoms with Gasteiger partial charge in [0.25, 0.3) is 0 Å². The number of aromatic nitrogens is 2. The highest BCUT2D eigenvalue weighted by Crippen LogP contribution is 2.22. The Morgan fingerprint density at radius 1 is 1.24 bits per heavy atom. The van der Waals surface area contributed by atoms with E-state index in [9.17, 15) is 4.79 Å². The molecule has 0 saturated heterocycles. The smallest absolute Gasteiger partial charge is 0.412 e. The summed E-state index contributed by atoms with van der Waals surface area (Å²) >= 11 is 4.11. The molecule has 0 aliphatic heterocycles. The van der Waals surface area contributed by atoms with Gasteiger partial charge in [-0.25, -0.2) is 14.8 Å². The number of nitrogens with zero attached hydrogens (tertiary/aromatic N) is 2. The molecule has 1 N–H and O–H groups in total. The Bertz CT molecular complexity index is 421. The van der Waals surface area contributed by atoms with Crippen LogP contribution in [0.25, 0.3) is 0 Å². The molecule has 0 unspecified atom stereocenters. The normalized spacial score (nSPS) is 11.2. The number of hydrogen-bond donors (Lipinski definition) is 1. The van der Waals surface area contributed by atoms with E-state index in [4.69, 9.17) is 4.74 Å². The van der Waals surface area contributed by atoms with Gasteiger partial charge in [0, 0.05) is 0 Å². The molecule has 0 fully saturated rings. The number of carbonyl (C=O) groups is 1. The maximum Gasteiger partial charge on any atom is 0.412 e. The molecule has 1 amide bonds. The van der Waals surface area contributed by atoms with Gasteiger partial charge in [-0.05, 0) is 72.9 Å². The fourth-order valence-corrected chi connectivity index (χ4v) is 3.01. The van der Waals surface area contributed by atoms with Crippen molar-refractivity contribution in [3.63, 3.8) is 0 Å². The summed E-state index contributed by atoms with van der Waals surface area (Å²) in [6.07, 6.45) is -0.499. The van der Waals surface area contributed by atoms with Crippen LogP contribution < -0.4 is 5.32 Å². The molecule has 0 atom stereocenters. The van der Waals surface area contributed by atoms with Crippen molar-refractivity contribution in [3.05, 3.63) is 13.2 Å². The van der Waals surface area contributed by atoms with Gasteiger partial charge in [-0.1, -0.05) is 0 Å². The van der Waals surface area contributed by atoms with E-state index in [0.717, 1.165) is 0 Å². The lowest BCUT2D eigenvalue weighted by Gasteiger charge is -2.20. The molecule has 0 radical (unpaired) electrons. The summed E-state index contributed by atoms with van der Waals surface area (Å²) in [7, 11) is 0. The van der Waals surface area contributed by atoms with Crippen molar-refractivity contribution in [3.8, 4) is 0 Å². The Morgan fingerprint density at radius 2 is 1.71 bits per heavy atom. The van der Waals surface area contributed by atoms with Crippen LogP contribution >= 0.6 is 45.2 Å². The van der Waals surface area contributed by atoms with Gasteiger partial charge in [-0.2, -0.15) is 0 Å². The highest BCUT2D eigenvalue weighted by atomic mass is 127. The van der Waals surface area contributed by atoms with Crippen LogP contribution in [0.15, 0.2) is 0 Å². The van der Waals surface area contributed by atoms with E-state index in [1.165, 1.54) is 0 Å². The van der Waals surface area contributed by atoms with Crippen molar-refractivity contribution in [1.29, 1.82) is 0 Å². The zero-order valence-corrected chi connectivity index (χ0v) is 14.3. The molecule has 1 aromatic rings. The van der Waals surface area contributed by atoms with Crippen LogP contribution in [0.5, 0.6) is 0 Å². The Balaban J connectivity index is 2.86. The van der Waals surface area contributed by atoms with Crippen molar-refractivity contribution in [2.75, 3.05) is 5.32 Å². The number of anilines is 1. The third kappa shape index (κ3) is 4.90. The van der Waals surface area contributed by atoms with Crippen LogP contribution in [0.1, 0.15) is 26.6 Å². The number of nitrogens with one attached hydrogen (secondary N) is 1. The van der Waals surface area contributed by atoms with Gasteiger partial charge in [0.15, 0.2) is 0 Å². The monoisotopic (exact) mass is 461 g/mol. The number of rotatable bonds is 1. The number of ether oxygens (including phenoxy) is 1. The molecule has 17 heavy (non-hydrogen) atoms. The highest BCUT2D eigenvalue weighted by Gasteiger charge is 2.19. The maximum atomic E-state index is 11.6. The zero-order valence-electron chi connectivity index (χ0n) is 9.97. The first-order valence-corrected chi connectivity index (χ1v) is 7.04. The second kappa shape index (κ2) is 5.63. The van der Waals surface area contributed by atoms with E-state index in [2.05, 4.69) is 60.5 Å². The predicted octanol–water partition coefficient (Wildman–Crippen LogP) is 3.34. The molecule has 5 nitrogen and oxygen atoms in total. The van der Waals surface area contributed by atoms with Gasteiger partial charge in [0.1, 0.15) is 24.5 Å². The zero-order chi connectivity index (χ0) is 13.2. The van der Waals surface area contributed by atoms with E-state index in [1.54, 1.807) is 0 Å². The van der Waals surface area contributed by atoms with E-state index in [0.29, 0.717) is 18.9 Å². The van der Waals surface area contributed by atoms with Crippen molar-refractivity contribution in [1.82, 2.24) is 9.97 Å². The summed E-state index contributed by atoms with van der Waals surface area (Å²) in [4.78, 5) is 20.0. The van der Waals surface area contributed by atoms with Gasteiger partial charge in [0.05, 0.1) is 0 Å². The molecule has 1 heterocycles. The molecule has 0 spiro atoms. The minimum absolute atomic E-state index is 0.499. The average Bonchev–Trinajstić information content (AvgIpc) is 2.08. The lowest BCUT2D eigenvalue weighted by Crippen LogP contribution is -2.28. The summed E-state index contributed by atoms with van der Waals surface area (Å²) in [6, 6.07) is 0. The molecule has 94 valence electrons. The lowest BCUT2D eigenvalue weighted by atomic mass is 10.2. The molecule has 0 aliphatic rings. The van der Waals surface area contributed by atoms with Crippen molar-refractivity contribution in [2.24, 2.45) is 0 Å². The quantitative estimate of drug-likeness (QED) is 0.515. The molecule has 1 rings (SSSR count). The SMILES string of the molecule is Cc1nc(I)c(NC(=O)OC(C)(C)C)c(I)n1. The highest BCUT2D eigenvalue weighted by molar-refractivity contribution is 14.1. The third-order valence-corrected chi connectivity index (χ3v) is 3.12. The average molecular weight is 461 g/mol. The predicted molar refractivity (Wildman–Crippen MR) is 82.1 cm³/mol. The van der Waals surface area contributed by atoms with E-state index < -0.39 is 11.7 Å². The fourth-order valence-electron chi connectivity index (χ4n) is 1.01. The number of carbonyl (C=O) groups excluding carboxylic acids is 1. The summed E-state index contributed by atoms with van der Waals surface area (Å²) < 4.78 is 6.57. The molecule has 0 aromatic carbocycles. The number of amides is 1. The van der Waals surface area contributed by atoms with Crippen LogP contribution in [0.2, 0.25) is 0 Å². The van der Waals surface area contributed by atoms with Crippen molar-refractivity contribution in [2.45, 2.75) is 33.3 Å². The Labute approximate surface area is 127 Å². The topological polar surface area (TPSA) is 64.1 Å². The largest absolute Gasteiger partial charge is 0.444 e. The molecule has 0 aliphatic carbocycles. The summed E-state index contributed by atoms with van der Waals surface area (Å²) in [6.45, 7) is 7.25. The van der Waals surface area contributed by atoms with E-state index >= 15 is 0 Å². The first-order valence-electron chi connectivity index (χ1n) is 4.88. The number of aryl methyl sites for hydroxylation is 1. The summed E-state index contributed by atoms with van der Waals surface area (Å²) in [5.74, 6) is 0.675. The van der Waals surface area contributed by atoms with Crippen LogP contribution in [-0.4, -0.2) is 21.7 Å². The second-order valence-electron chi connectivity index (χ2n) is 4.35. The van der Waals surface area contributed by atoms with Gasteiger partial charge in [-0.3, -0.25) is 5.32 Å². The first-order chi connectivity index (χ1) is 7.69. The minimum Gasteiger partial charge on any atom is -0.444 e. The lowest BCUT2D eigenvalue weighted by molar-refractivity contribution is 0.0635. The van der Waals surface area contributed by atoms with Crippen LogP contribution in [-0.2, 0) is 4.74 Å². The van der Waals surface area contributed by atoms with Gasteiger partial charge in [-0.15, -0.1) is 0 Å². The molecule has 0 bridgehead atoms. The Morgan fingerprint density at radius 3 is 2.12 bits per heavy atom. The Hall–Kier alpha value is -0.190. The summed E-state index contributed by atoms with van der Waals surface area (Å²) in [5, 5.41) is 2.66. The van der Waals surface area contributed by atoms with E-state index in [1.807, 2.05) is 27.7 Å². The van der Waals surface area contributed by atoms with Crippen molar-refractivity contribution < 1.29 is 9.53 Å². The maximum absolute atomic E-state index is 11.6. The van der Waals surface area contributed by atoms with Crippen LogP contribution in [0, 0.1) is 14.3 Å². The van der Waals surface area contributed by atoms with Crippen molar-refractivity contribution >= 4 is 57.0 Å². The number of hydrogen-bond acceptors (Lipinski definition) is 4. The van der Waals surface area contributed by atoms with E-state index in [-0.39, 0.29) is 0 Å². The third-order valence-electron chi connectivity index (χ3n) is 1.56. The first kappa shape index (κ1) is 14.9. The summed E-state index contributed by atoms with van der Waals surface area (Å²) in [5.41, 5.74) is 0.0676. The van der Waals surface area contributed by atoms with Gasteiger partial charge < -0.3 is 4.74 Å². The van der Waals surface area contributed by atoms with Crippen LogP contribution in [0.3, 0.4) is 0 Å². The number of halogens is 2. The molecule has 7 heteroatoms. The fraction of sp³-hybridized carbons (Fsp3) is 0.500. The molecular formula is C10H13I2N3O2. The second-order valence-corrected chi connectivity index (χ2v) is 6.40. The van der Waals surface area contributed by atoms with Gasteiger partial charge in [0.2, 0.25) is 0 Å².